The van der Waals surface area contributed by atoms with Gasteiger partial charge in [0.25, 0.3) is 0 Å². The van der Waals surface area contributed by atoms with Crippen LogP contribution in [0.2, 0.25) is 0 Å². The summed E-state index contributed by atoms with van der Waals surface area (Å²) in [4.78, 5) is 4.20. The molecule has 5 heteroatoms. The largest absolute Gasteiger partial charge is 0.245 e. The zero-order valence-corrected chi connectivity index (χ0v) is 8.28. The fraction of sp³-hybridized carbons (Fsp3) is 0.111. The van der Waals surface area contributed by atoms with Gasteiger partial charge in [-0.15, -0.1) is 0 Å². The van der Waals surface area contributed by atoms with Crippen molar-refractivity contribution in [1.29, 1.82) is 5.26 Å². The van der Waals surface area contributed by atoms with Crippen LogP contribution in [0.15, 0.2) is 38.5 Å². The number of aliphatic imine (C=N–C) groups is 1. The second-order valence-corrected chi connectivity index (χ2v) is 5.15. The summed E-state index contributed by atoms with van der Waals surface area (Å²) in [5.74, 6) is 0.274. The van der Waals surface area contributed by atoms with Gasteiger partial charge in [0.1, 0.15) is 0 Å². The van der Waals surface area contributed by atoms with Gasteiger partial charge in [0.2, 0.25) is 6.19 Å². The van der Waals surface area contributed by atoms with Crippen LogP contribution in [0.5, 0.6) is 0 Å². The SMILES string of the molecule is C[S@]1(=O)=NC(=NC#N)c2ccccc21. The number of nitriles is 1. The number of benzene rings is 1. The van der Waals surface area contributed by atoms with E-state index in [-0.39, 0.29) is 5.84 Å². The first-order valence-electron chi connectivity index (χ1n) is 3.93. The predicted octanol–water partition coefficient (Wildman–Crippen LogP) is 1.38. The van der Waals surface area contributed by atoms with E-state index in [0.29, 0.717) is 10.5 Å². The van der Waals surface area contributed by atoms with Crippen molar-refractivity contribution in [3.05, 3.63) is 29.8 Å². The Balaban J connectivity index is 2.80. The van der Waals surface area contributed by atoms with Crippen molar-refractivity contribution < 1.29 is 4.21 Å². The second-order valence-electron chi connectivity index (χ2n) is 2.93. The maximum atomic E-state index is 11.9. The van der Waals surface area contributed by atoms with Crippen LogP contribution in [-0.2, 0) is 9.73 Å². The van der Waals surface area contributed by atoms with Gasteiger partial charge in [0.15, 0.2) is 5.84 Å². The van der Waals surface area contributed by atoms with Crippen molar-refractivity contribution in [2.45, 2.75) is 4.90 Å². The van der Waals surface area contributed by atoms with Crippen LogP contribution >= 0.6 is 0 Å². The molecule has 1 aromatic carbocycles. The number of hydrogen-bond donors (Lipinski definition) is 0. The van der Waals surface area contributed by atoms with Gasteiger partial charge in [-0.3, -0.25) is 0 Å². The molecule has 0 saturated heterocycles. The molecule has 0 N–H and O–H groups in total. The Bertz CT molecular complexity index is 574. The van der Waals surface area contributed by atoms with Crippen LogP contribution in [-0.4, -0.2) is 16.3 Å². The van der Waals surface area contributed by atoms with Gasteiger partial charge in [0.05, 0.1) is 14.6 Å². The van der Waals surface area contributed by atoms with E-state index < -0.39 is 9.73 Å². The molecule has 70 valence electrons. The molecule has 1 atom stereocenters. The van der Waals surface area contributed by atoms with E-state index in [9.17, 15) is 4.21 Å². The Morgan fingerprint density at radius 3 is 2.93 bits per heavy atom. The van der Waals surface area contributed by atoms with Gasteiger partial charge in [-0.2, -0.15) is 14.6 Å². The average molecular weight is 205 g/mol. The van der Waals surface area contributed by atoms with Crippen LogP contribution in [0.25, 0.3) is 0 Å². The van der Waals surface area contributed by atoms with E-state index in [0.717, 1.165) is 0 Å². The van der Waals surface area contributed by atoms with Gasteiger partial charge < -0.3 is 0 Å². The van der Waals surface area contributed by atoms with Gasteiger partial charge in [-0.25, -0.2) is 4.21 Å². The summed E-state index contributed by atoms with van der Waals surface area (Å²) in [6.45, 7) is 0. The van der Waals surface area contributed by atoms with E-state index in [1.54, 1.807) is 30.6 Å². The van der Waals surface area contributed by atoms with Crippen molar-refractivity contribution in [2.24, 2.45) is 9.36 Å². The van der Waals surface area contributed by atoms with E-state index >= 15 is 0 Å². The lowest BCUT2D eigenvalue weighted by atomic mass is 10.2. The molecule has 0 radical (unpaired) electrons. The summed E-state index contributed by atoms with van der Waals surface area (Å²) in [5.41, 5.74) is 0.696. The number of nitrogens with zero attached hydrogens (tertiary/aromatic N) is 3. The molecule has 1 aliphatic rings. The molecule has 1 aromatic rings. The van der Waals surface area contributed by atoms with Gasteiger partial charge in [-0.05, 0) is 12.1 Å². The lowest BCUT2D eigenvalue weighted by Crippen LogP contribution is -1.93. The molecule has 0 amide bonds. The van der Waals surface area contributed by atoms with Crippen molar-refractivity contribution in [3.8, 4) is 6.19 Å². The highest BCUT2D eigenvalue weighted by Crippen LogP contribution is 2.25. The maximum absolute atomic E-state index is 11.9. The van der Waals surface area contributed by atoms with Crippen LogP contribution in [0.4, 0.5) is 0 Å². The van der Waals surface area contributed by atoms with Crippen LogP contribution in [0.1, 0.15) is 5.56 Å². The van der Waals surface area contributed by atoms with E-state index in [4.69, 9.17) is 5.26 Å². The lowest BCUT2D eigenvalue weighted by molar-refractivity contribution is 0.682. The minimum absolute atomic E-state index is 0.274. The normalized spacial score (nSPS) is 26.7. The molecule has 4 nitrogen and oxygen atoms in total. The Morgan fingerprint density at radius 1 is 1.50 bits per heavy atom. The summed E-state index contributed by atoms with van der Waals surface area (Å²) < 4.78 is 15.9. The van der Waals surface area contributed by atoms with Crippen LogP contribution in [0.3, 0.4) is 0 Å². The minimum Gasteiger partial charge on any atom is -0.245 e. The highest BCUT2D eigenvalue weighted by Gasteiger charge is 2.23. The second kappa shape index (κ2) is 2.93. The summed E-state index contributed by atoms with van der Waals surface area (Å²) in [6, 6.07) is 7.13. The first kappa shape index (κ1) is 8.91. The molecule has 1 aliphatic heterocycles. The predicted molar refractivity (Wildman–Crippen MR) is 53.4 cm³/mol. The molecular formula is C9H7N3OS. The number of hydrogen-bond acceptors (Lipinski definition) is 3. The Kier molecular flexibility index (Phi) is 1.86. The average Bonchev–Trinajstić information content (AvgIpc) is 2.41. The van der Waals surface area contributed by atoms with E-state index in [2.05, 4.69) is 9.36 Å². The Morgan fingerprint density at radius 2 is 2.21 bits per heavy atom. The highest BCUT2D eigenvalue weighted by molar-refractivity contribution is 7.93. The fourth-order valence-corrected chi connectivity index (χ4v) is 2.84. The molecule has 2 rings (SSSR count). The summed E-state index contributed by atoms with van der Waals surface area (Å²) in [7, 11) is -2.38. The lowest BCUT2D eigenvalue weighted by Gasteiger charge is -1.97. The van der Waals surface area contributed by atoms with Crippen molar-refractivity contribution in [3.63, 3.8) is 0 Å². The summed E-state index contributed by atoms with van der Waals surface area (Å²) in [5, 5.41) is 8.43. The molecule has 0 aliphatic carbocycles. The fourth-order valence-electron chi connectivity index (χ4n) is 1.37. The molecule has 0 spiro atoms. The molecular weight excluding hydrogens is 198 g/mol. The van der Waals surface area contributed by atoms with Gasteiger partial charge >= 0.3 is 0 Å². The van der Waals surface area contributed by atoms with E-state index in [1.807, 2.05) is 6.07 Å². The minimum atomic E-state index is -2.38. The number of fused-ring (bicyclic) bond motifs is 1. The maximum Gasteiger partial charge on any atom is 0.207 e. The molecule has 0 aromatic heterocycles. The zero-order valence-electron chi connectivity index (χ0n) is 7.47. The Hall–Kier alpha value is -1.67. The third kappa shape index (κ3) is 1.20. The van der Waals surface area contributed by atoms with Crippen molar-refractivity contribution in [2.75, 3.05) is 6.26 Å². The van der Waals surface area contributed by atoms with Crippen molar-refractivity contribution >= 4 is 15.6 Å². The molecule has 1 heterocycles. The first-order valence-corrected chi connectivity index (χ1v) is 5.86. The highest BCUT2D eigenvalue weighted by atomic mass is 32.2. The molecule has 0 saturated carbocycles. The molecule has 0 fully saturated rings. The smallest absolute Gasteiger partial charge is 0.207 e. The standard InChI is InChI=1S/C9H7N3OS/c1-14(13)8-5-3-2-4-7(8)9(12-14)11-6-10/h2-5H,1H3/t14-/m1/s1. The number of rotatable bonds is 0. The Labute approximate surface area is 82.1 Å². The zero-order chi connectivity index (χ0) is 10.2. The molecule has 0 unspecified atom stereocenters. The van der Waals surface area contributed by atoms with E-state index in [1.165, 1.54) is 0 Å². The van der Waals surface area contributed by atoms with Crippen LogP contribution < -0.4 is 0 Å². The third-order valence-electron chi connectivity index (χ3n) is 1.95. The van der Waals surface area contributed by atoms with Gasteiger partial charge in [-0.1, -0.05) is 12.1 Å². The topological polar surface area (TPSA) is 65.6 Å². The van der Waals surface area contributed by atoms with Crippen LogP contribution in [0, 0.1) is 11.5 Å². The van der Waals surface area contributed by atoms with Gasteiger partial charge in [0, 0.05) is 11.8 Å². The quantitative estimate of drug-likeness (QED) is 0.600. The first-order chi connectivity index (χ1) is 6.65. The monoisotopic (exact) mass is 205 g/mol. The van der Waals surface area contributed by atoms with Crippen molar-refractivity contribution in [1.82, 2.24) is 0 Å². The summed E-state index contributed by atoms with van der Waals surface area (Å²) >= 11 is 0. The molecule has 14 heavy (non-hydrogen) atoms. The number of amidine groups is 1. The third-order valence-corrected chi connectivity index (χ3v) is 3.65. The molecule has 0 bridgehead atoms. The summed E-state index contributed by atoms with van der Waals surface area (Å²) in [6.07, 6.45) is 3.20.